The van der Waals surface area contributed by atoms with Crippen molar-refractivity contribution < 1.29 is 28.9 Å². The number of aryl methyl sites for hydroxylation is 1. The fourth-order valence-electron chi connectivity index (χ4n) is 4.50. The number of aliphatic carboxylic acids is 1. The number of nitrogens with one attached hydrogen (secondary N) is 1. The van der Waals surface area contributed by atoms with E-state index in [9.17, 15) is 14.7 Å². The number of hydrogen-bond donors (Lipinski definition) is 2. The van der Waals surface area contributed by atoms with Crippen molar-refractivity contribution in [3.63, 3.8) is 0 Å². The van der Waals surface area contributed by atoms with Crippen LogP contribution in [0.25, 0.3) is 11.1 Å². The van der Waals surface area contributed by atoms with Crippen molar-refractivity contribution in [3.05, 3.63) is 82.9 Å². The number of methoxy groups -OCH3 is 2. The molecule has 1 unspecified atom stereocenters. The second-order valence-electron chi connectivity index (χ2n) is 8.21. The molecule has 1 aliphatic rings. The van der Waals surface area contributed by atoms with Crippen molar-refractivity contribution in [2.24, 2.45) is 0 Å². The molecule has 3 aromatic carbocycles. The number of carbonyl (C=O) groups is 2. The van der Waals surface area contributed by atoms with Gasteiger partial charge in [0.25, 0.3) is 0 Å². The maximum Gasteiger partial charge on any atom is 0.407 e. The van der Waals surface area contributed by atoms with Gasteiger partial charge in [-0.05, 0) is 46.9 Å². The number of alkyl carbamates (subject to hydrolysis) is 1. The highest BCUT2D eigenvalue weighted by molar-refractivity contribution is 5.81. The van der Waals surface area contributed by atoms with Crippen LogP contribution in [-0.4, -0.2) is 44.0 Å². The van der Waals surface area contributed by atoms with Crippen LogP contribution in [0.5, 0.6) is 11.5 Å². The molecule has 1 aliphatic carbocycles. The number of hydrogen-bond acceptors (Lipinski definition) is 5. The average molecular weight is 462 g/mol. The zero-order valence-corrected chi connectivity index (χ0v) is 19.3. The predicted molar refractivity (Wildman–Crippen MR) is 128 cm³/mol. The minimum Gasteiger partial charge on any atom is -0.496 e. The van der Waals surface area contributed by atoms with E-state index in [-0.39, 0.29) is 18.9 Å². The molecule has 0 saturated carbocycles. The Morgan fingerprint density at radius 2 is 1.47 bits per heavy atom. The molecule has 7 nitrogen and oxygen atoms in total. The number of amides is 1. The zero-order chi connectivity index (χ0) is 24.2. The highest BCUT2D eigenvalue weighted by Crippen LogP contribution is 2.44. The molecule has 0 saturated heterocycles. The summed E-state index contributed by atoms with van der Waals surface area (Å²) in [4.78, 5) is 24.6. The number of carboxylic acids is 1. The van der Waals surface area contributed by atoms with Crippen molar-refractivity contribution in [1.82, 2.24) is 5.32 Å². The van der Waals surface area contributed by atoms with E-state index in [0.717, 1.165) is 27.8 Å². The number of carbonyl (C=O) groups excluding carboxylic acids is 1. The maximum atomic E-state index is 12.6. The number of fused-ring (bicyclic) bond motifs is 3. The van der Waals surface area contributed by atoms with Crippen LogP contribution >= 0.6 is 0 Å². The molecule has 0 bridgehead atoms. The van der Waals surface area contributed by atoms with Crippen molar-refractivity contribution >= 4 is 12.1 Å². The molecule has 4 rings (SSSR count). The fourth-order valence-corrected chi connectivity index (χ4v) is 4.50. The molecule has 0 spiro atoms. The van der Waals surface area contributed by atoms with Gasteiger partial charge in [-0.2, -0.15) is 0 Å². The van der Waals surface area contributed by atoms with Gasteiger partial charge in [-0.25, -0.2) is 9.59 Å². The molecular weight excluding hydrogens is 434 g/mol. The lowest BCUT2D eigenvalue weighted by molar-refractivity contribution is -0.139. The maximum absolute atomic E-state index is 12.6. The van der Waals surface area contributed by atoms with Crippen LogP contribution in [0, 0.1) is 6.92 Å². The van der Waals surface area contributed by atoms with Gasteiger partial charge in [0.05, 0.1) is 14.2 Å². The highest BCUT2D eigenvalue weighted by Gasteiger charge is 2.30. The summed E-state index contributed by atoms with van der Waals surface area (Å²) in [6, 6.07) is 18.4. The smallest absolute Gasteiger partial charge is 0.407 e. The Morgan fingerprint density at radius 1 is 0.941 bits per heavy atom. The van der Waals surface area contributed by atoms with E-state index in [1.807, 2.05) is 43.3 Å². The Balaban J connectivity index is 1.48. The van der Waals surface area contributed by atoms with Crippen LogP contribution < -0.4 is 14.8 Å². The molecule has 7 heteroatoms. The van der Waals surface area contributed by atoms with Crippen LogP contribution in [-0.2, 0) is 16.0 Å². The van der Waals surface area contributed by atoms with E-state index in [1.165, 1.54) is 14.2 Å². The summed E-state index contributed by atoms with van der Waals surface area (Å²) in [6.07, 6.45) is -0.814. The molecule has 0 heterocycles. The lowest BCUT2D eigenvalue weighted by atomic mass is 9.98. The quantitative estimate of drug-likeness (QED) is 0.511. The standard InChI is InChI=1S/C27H27NO6/c1-16-12-24(32-2)21(25(13-16)33-3)14-23(26(29)30)28-27(31)34-15-22-19-10-6-4-8-17(19)18-9-5-7-11-20(18)22/h4-13,22-23H,14-15H2,1-3H3,(H,28,31)(H,29,30). The first-order valence-corrected chi connectivity index (χ1v) is 11.0. The van der Waals surface area contributed by atoms with E-state index in [0.29, 0.717) is 17.1 Å². The van der Waals surface area contributed by atoms with Crippen LogP contribution in [0.4, 0.5) is 4.79 Å². The van der Waals surface area contributed by atoms with Gasteiger partial charge < -0.3 is 24.6 Å². The summed E-state index contributed by atoms with van der Waals surface area (Å²) in [5.74, 6) is -0.299. The minimum atomic E-state index is -1.22. The number of rotatable bonds is 8. The Hall–Kier alpha value is -4.00. The normalized spacial score (nSPS) is 12.9. The van der Waals surface area contributed by atoms with Crippen molar-refractivity contribution in [2.75, 3.05) is 20.8 Å². The molecule has 0 fully saturated rings. The Bertz CT molecular complexity index is 1150. The zero-order valence-electron chi connectivity index (χ0n) is 19.3. The first-order chi connectivity index (χ1) is 16.4. The van der Waals surface area contributed by atoms with Crippen LogP contribution in [0.2, 0.25) is 0 Å². The monoisotopic (exact) mass is 461 g/mol. The van der Waals surface area contributed by atoms with E-state index >= 15 is 0 Å². The second-order valence-corrected chi connectivity index (χ2v) is 8.21. The van der Waals surface area contributed by atoms with E-state index in [2.05, 4.69) is 17.4 Å². The minimum absolute atomic E-state index is 0.0217. The van der Waals surface area contributed by atoms with Gasteiger partial charge in [-0.1, -0.05) is 48.5 Å². The van der Waals surface area contributed by atoms with Crippen LogP contribution in [0.3, 0.4) is 0 Å². The first kappa shape index (κ1) is 23.2. The third kappa shape index (κ3) is 4.55. The molecule has 3 aromatic rings. The molecule has 1 atom stereocenters. The molecule has 34 heavy (non-hydrogen) atoms. The predicted octanol–water partition coefficient (Wildman–Crippen LogP) is 4.55. The molecular formula is C27H27NO6. The van der Waals surface area contributed by atoms with E-state index in [4.69, 9.17) is 14.2 Å². The van der Waals surface area contributed by atoms with Gasteiger partial charge in [0.1, 0.15) is 24.1 Å². The molecule has 176 valence electrons. The number of carboxylic acid groups (broad SMARTS) is 1. The Morgan fingerprint density at radius 3 is 1.97 bits per heavy atom. The van der Waals surface area contributed by atoms with Crippen molar-refractivity contribution in [1.29, 1.82) is 0 Å². The first-order valence-electron chi connectivity index (χ1n) is 11.0. The highest BCUT2D eigenvalue weighted by atomic mass is 16.5. The summed E-state index contributed by atoms with van der Waals surface area (Å²) in [5.41, 5.74) is 5.87. The van der Waals surface area contributed by atoms with Crippen molar-refractivity contribution in [3.8, 4) is 22.6 Å². The molecule has 2 N–H and O–H groups in total. The number of benzene rings is 3. The molecule has 0 aromatic heterocycles. The lowest BCUT2D eigenvalue weighted by Crippen LogP contribution is -2.43. The summed E-state index contributed by atoms with van der Waals surface area (Å²) in [7, 11) is 3.01. The summed E-state index contributed by atoms with van der Waals surface area (Å²) >= 11 is 0. The third-order valence-electron chi connectivity index (χ3n) is 6.09. The van der Waals surface area contributed by atoms with Crippen LogP contribution in [0.1, 0.15) is 28.2 Å². The summed E-state index contributed by atoms with van der Waals surface area (Å²) in [5, 5.41) is 12.2. The largest absolute Gasteiger partial charge is 0.496 e. The van der Waals surface area contributed by atoms with Gasteiger partial charge in [0.2, 0.25) is 0 Å². The van der Waals surface area contributed by atoms with Gasteiger partial charge in [0.15, 0.2) is 0 Å². The molecule has 0 radical (unpaired) electrons. The van der Waals surface area contributed by atoms with Gasteiger partial charge in [-0.3, -0.25) is 0 Å². The second kappa shape index (κ2) is 9.87. The van der Waals surface area contributed by atoms with Crippen LogP contribution in [0.15, 0.2) is 60.7 Å². The summed E-state index contributed by atoms with van der Waals surface area (Å²) in [6.45, 7) is 1.99. The van der Waals surface area contributed by atoms with Crippen molar-refractivity contribution in [2.45, 2.75) is 25.3 Å². The topological polar surface area (TPSA) is 94.1 Å². The Labute approximate surface area is 198 Å². The fraction of sp³-hybridized carbons (Fsp3) is 0.259. The van der Waals surface area contributed by atoms with Gasteiger partial charge >= 0.3 is 12.1 Å². The molecule has 0 aliphatic heterocycles. The third-order valence-corrected chi connectivity index (χ3v) is 6.09. The molecule has 1 amide bonds. The Kier molecular flexibility index (Phi) is 6.72. The number of ether oxygens (including phenoxy) is 3. The van der Waals surface area contributed by atoms with E-state index in [1.54, 1.807) is 12.1 Å². The van der Waals surface area contributed by atoms with E-state index < -0.39 is 18.1 Å². The van der Waals surface area contributed by atoms with Gasteiger partial charge in [0, 0.05) is 17.9 Å². The lowest BCUT2D eigenvalue weighted by Gasteiger charge is -2.20. The van der Waals surface area contributed by atoms with Gasteiger partial charge in [-0.15, -0.1) is 0 Å². The summed E-state index contributed by atoms with van der Waals surface area (Å²) < 4.78 is 16.4. The average Bonchev–Trinajstić information content (AvgIpc) is 3.16. The SMILES string of the molecule is COc1cc(C)cc(OC)c1CC(NC(=O)OCC1c2ccccc2-c2ccccc21)C(=O)O.